The average Bonchev–Trinajstić information content (AvgIpc) is 2.77. The van der Waals surface area contributed by atoms with E-state index in [0.29, 0.717) is 16.4 Å². The highest BCUT2D eigenvalue weighted by atomic mass is 35.5. The van der Waals surface area contributed by atoms with Crippen molar-refractivity contribution in [2.24, 2.45) is 0 Å². The number of aromatic amines is 1. The molecule has 0 aliphatic rings. The summed E-state index contributed by atoms with van der Waals surface area (Å²) in [5.74, 6) is 0.139. The Kier molecular flexibility index (Phi) is 3.57. The van der Waals surface area contributed by atoms with Gasteiger partial charge in [0.2, 0.25) is 0 Å². The number of rotatable bonds is 2. The molecule has 0 unspecified atom stereocenters. The van der Waals surface area contributed by atoms with Crippen LogP contribution in [0.5, 0.6) is 0 Å². The molecule has 1 amide bonds. The number of hydrogen-bond donors (Lipinski definition) is 2. The van der Waals surface area contributed by atoms with Crippen LogP contribution in [0.25, 0.3) is 0 Å². The van der Waals surface area contributed by atoms with E-state index in [1.807, 2.05) is 6.07 Å². The molecule has 100 valence electrons. The van der Waals surface area contributed by atoms with Crippen LogP contribution in [-0.2, 0) is 5.41 Å². The molecule has 2 N–H and O–H groups in total. The maximum atomic E-state index is 12.0. The van der Waals surface area contributed by atoms with Crippen LogP contribution in [-0.4, -0.2) is 21.1 Å². The van der Waals surface area contributed by atoms with Crippen molar-refractivity contribution in [3.63, 3.8) is 0 Å². The first-order valence-electron chi connectivity index (χ1n) is 5.84. The van der Waals surface area contributed by atoms with Gasteiger partial charge in [-0.05, 0) is 6.07 Å². The normalized spacial score (nSPS) is 11.4. The highest BCUT2D eigenvalue weighted by molar-refractivity contribution is 6.34. The Hall–Kier alpha value is -1.88. The average molecular weight is 279 g/mol. The summed E-state index contributed by atoms with van der Waals surface area (Å²) in [6.07, 6.45) is 2.96. The molecule has 2 heterocycles. The third-order valence-corrected chi connectivity index (χ3v) is 2.97. The molecular formula is C13H15ClN4O. The van der Waals surface area contributed by atoms with Gasteiger partial charge in [-0.3, -0.25) is 14.9 Å². The second-order valence-corrected chi connectivity index (χ2v) is 5.63. The Labute approximate surface area is 116 Å². The summed E-state index contributed by atoms with van der Waals surface area (Å²) in [6.45, 7) is 6.18. The zero-order valence-electron chi connectivity index (χ0n) is 11.0. The van der Waals surface area contributed by atoms with Crippen LogP contribution in [0.2, 0.25) is 5.02 Å². The largest absolute Gasteiger partial charge is 0.305 e. The lowest BCUT2D eigenvalue weighted by molar-refractivity contribution is 0.102. The van der Waals surface area contributed by atoms with E-state index in [4.69, 9.17) is 11.6 Å². The number of amides is 1. The van der Waals surface area contributed by atoms with Crippen LogP contribution in [0.4, 0.5) is 5.82 Å². The van der Waals surface area contributed by atoms with Crippen molar-refractivity contribution in [2.45, 2.75) is 26.2 Å². The molecule has 0 saturated carbocycles. The molecule has 0 aliphatic carbocycles. The fourth-order valence-electron chi connectivity index (χ4n) is 1.50. The van der Waals surface area contributed by atoms with E-state index in [2.05, 4.69) is 41.3 Å². The van der Waals surface area contributed by atoms with Crippen LogP contribution in [0, 0.1) is 0 Å². The van der Waals surface area contributed by atoms with Crippen LogP contribution >= 0.6 is 11.6 Å². The minimum atomic E-state index is -0.329. The summed E-state index contributed by atoms with van der Waals surface area (Å²) < 4.78 is 0. The van der Waals surface area contributed by atoms with Gasteiger partial charge < -0.3 is 5.32 Å². The van der Waals surface area contributed by atoms with Gasteiger partial charge >= 0.3 is 0 Å². The third kappa shape index (κ3) is 3.12. The van der Waals surface area contributed by atoms with Crippen molar-refractivity contribution in [3.05, 3.63) is 40.8 Å². The number of carbonyl (C=O) groups excluding carboxylic acids is 1. The molecule has 2 rings (SSSR count). The van der Waals surface area contributed by atoms with Crippen LogP contribution in [0.1, 0.15) is 36.8 Å². The molecule has 0 fully saturated rings. The molecule has 0 aliphatic heterocycles. The standard InChI is InChI=1S/C13H15ClN4O/c1-13(2,3)10-6-11(18-17-10)16-12(19)8-7-15-5-4-9(8)14/h4-7H,1-3H3,(H2,16,17,18,19). The van der Waals surface area contributed by atoms with Gasteiger partial charge in [0, 0.05) is 29.6 Å². The van der Waals surface area contributed by atoms with E-state index in [9.17, 15) is 4.79 Å². The predicted octanol–water partition coefficient (Wildman–Crippen LogP) is 3.01. The van der Waals surface area contributed by atoms with Crippen molar-refractivity contribution < 1.29 is 4.79 Å². The smallest absolute Gasteiger partial charge is 0.259 e. The molecule has 0 spiro atoms. The fraction of sp³-hybridized carbons (Fsp3) is 0.308. The third-order valence-electron chi connectivity index (χ3n) is 2.64. The van der Waals surface area contributed by atoms with Gasteiger partial charge in [-0.2, -0.15) is 5.10 Å². The first-order valence-corrected chi connectivity index (χ1v) is 6.22. The topological polar surface area (TPSA) is 70.7 Å². The lowest BCUT2D eigenvalue weighted by Crippen LogP contribution is -2.13. The Morgan fingerprint density at radius 3 is 2.74 bits per heavy atom. The minimum absolute atomic E-state index is 0.0536. The van der Waals surface area contributed by atoms with Gasteiger partial charge in [0.25, 0.3) is 5.91 Å². The fourth-order valence-corrected chi connectivity index (χ4v) is 1.69. The van der Waals surface area contributed by atoms with Gasteiger partial charge in [0.15, 0.2) is 5.82 Å². The zero-order valence-corrected chi connectivity index (χ0v) is 11.7. The molecule has 0 atom stereocenters. The Balaban J connectivity index is 2.16. The van der Waals surface area contributed by atoms with E-state index < -0.39 is 0 Å². The summed E-state index contributed by atoms with van der Waals surface area (Å²) in [4.78, 5) is 15.9. The number of H-pyrrole nitrogens is 1. The first-order chi connectivity index (χ1) is 8.88. The number of anilines is 1. The number of carbonyl (C=O) groups is 1. The van der Waals surface area contributed by atoms with Crippen LogP contribution in [0.3, 0.4) is 0 Å². The van der Waals surface area contributed by atoms with E-state index in [-0.39, 0.29) is 11.3 Å². The molecular weight excluding hydrogens is 264 g/mol. The van der Waals surface area contributed by atoms with Gasteiger partial charge in [0.05, 0.1) is 10.6 Å². The van der Waals surface area contributed by atoms with Gasteiger partial charge in [-0.25, -0.2) is 0 Å². The van der Waals surface area contributed by atoms with Crippen molar-refractivity contribution in [1.82, 2.24) is 15.2 Å². The lowest BCUT2D eigenvalue weighted by Gasteiger charge is -2.14. The van der Waals surface area contributed by atoms with E-state index in [0.717, 1.165) is 5.69 Å². The monoisotopic (exact) mass is 278 g/mol. The number of nitrogens with zero attached hydrogens (tertiary/aromatic N) is 2. The van der Waals surface area contributed by atoms with E-state index in [1.54, 1.807) is 6.07 Å². The first kappa shape index (κ1) is 13.5. The number of aromatic nitrogens is 3. The van der Waals surface area contributed by atoms with Gasteiger partial charge in [-0.15, -0.1) is 0 Å². The molecule has 19 heavy (non-hydrogen) atoms. The minimum Gasteiger partial charge on any atom is -0.305 e. The number of pyridine rings is 1. The molecule has 0 bridgehead atoms. The summed E-state index contributed by atoms with van der Waals surface area (Å²) in [6, 6.07) is 3.38. The second-order valence-electron chi connectivity index (χ2n) is 5.23. The Morgan fingerprint density at radius 2 is 2.16 bits per heavy atom. The highest BCUT2D eigenvalue weighted by Crippen LogP contribution is 2.22. The molecule has 5 nitrogen and oxygen atoms in total. The van der Waals surface area contributed by atoms with Crippen LogP contribution in [0.15, 0.2) is 24.5 Å². The van der Waals surface area contributed by atoms with E-state index in [1.165, 1.54) is 12.4 Å². The number of halogens is 1. The van der Waals surface area contributed by atoms with Gasteiger partial charge in [-0.1, -0.05) is 32.4 Å². The summed E-state index contributed by atoms with van der Waals surface area (Å²) in [5.41, 5.74) is 1.21. The number of nitrogens with one attached hydrogen (secondary N) is 2. The summed E-state index contributed by atoms with van der Waals surface area (Å²) in [7, 11) is 0. The van der Waals surface area contributed by atoms with Gasteiger partial charge in [0.1, 0.15) is 0 Å². The molecule has 2 aromatic rings. The molecule has 2 aromatic heterocycles. The van der Waals surface area contributed by atoms with Crippen molar-refractivity contribution in [1.29, 1.82) is 0 Å². The highest BCUT2D eigenvalue weighted by Gasteiger charge is 2.18. The van der Waals surface area contributed by atoms with Crippen molar-refractivity contribution in [2.75, 3.05) is 5.32 Å². The maximum absolute atomic E-state index is 12.0. The molecule has 0 radical (unpaired) electrons. The predicted molar refractivity (Wildman–Crippen MR) is 74.5 cm³/mol. The van der Waals surface area contributed by atoms with Crippen molar-refractivity contribution in [3.8, 4) is 0 Å². The maximum Gasteiger partial charge on any atom is 0.259 e. The summed E-state index contributed by atoms with van der Waals surface area (Å²) >= 11 is 5.93. The second kappa shape index (κ2) is 5.01. The zero-order chi connectivity index (χ0) is 14.0. The SMILES string of the molecule is CC(C)(C)c1cc(NC(=O)c2cnccc2Cl)n[nH]1. The molecule has 6 heteroatoms. The van der Waals surface area contributed by atoms with Crippen LogP contribution < -0.4 is 5.32 Å². The Morgan fingerprint density at radius 1 is 1.42 bits per heavy atom. The quantitative estimate of drug-likeness (QED) is 0.887. The summed E-state index contributed by atoms with van der Waals surface area (Å²) in [5, 5.41) is 10.0. The Bertz CT molecular complexity index is 601. The number of hydrogen-bond acceptors (Lipinski definition) is 3. The van der Waals surface area contributed by atoms with Crippen molar-refractivity contribution >= 4 is 23.3 Å². The molecule has 0 saturated heterocycles. The van der Waals surface area contributed by atoms with E-state index >= 15 is 0 Å². The lowest BCUT2D eigenvalue weighted by atomic mass is 9.92. The molecule has 0 aromatic carbocycles.